The number of rotatable bonds is 8. The van der Waals surface area contributed by atoms with Crippen LogP contribution in [-0.4, -0.2) is 62.8 Å². The van der Waals surface area contributed by atoms with Crippen LogP contribution in [0.25, 0.3) is 0 Å². The Labute approximate surface area is 153 Å². The molecular formula is C16H35IN4O. The van der Waals surface area contributed by atoms with Gasteiger partial charge in [-0.3, -0.25) is 4.99 Å². The highest BCUT2D eigenvalue weighted by Crippen LogP contribution is 2.12. The highest BCUT2D eigenvalue weighted by Gasteiger charge is 2.21. The number of halogens is 1. The summed E-state index contributed by atoms with van der Waals surface area (Å²) in [6, 6.07) is 1.19. The van der Waals surface area contributed by atoms with Crippen LogP contribution >= 0.6 is 24.0 Å². The van der Waals surface area contributed by atoms with E-state index in [2.05, 4.69) is 41.3 Å². The van der Waals surface area contributed by atoms with Gasteiger partial charge in [-0.2, -0.15) is 0 Å². The van der Waals surface area contributed by atoms with Crippen molar-refractivity contribution in [2.45, 2.75) is 58.5 Å². The Kier molecular flexibility index (Phi) is 13.3. The Balaban J connectivity index is 0.00000441. The maximum absolute atomic E-state index is 5.55. The van der Waals surface area contributed by atoms with Crippen molar-refractivity contribution in [3.63, 3.8) is 0 Å². The van der Waals surface area contributed by atoms with Crippen LogP contribution in [0.2, 0.25) is 0 Å². The second-order valence-corrected chi connectivity index (χ2v) is 6.01. The van der Waals surface area contributed by atoms with Crippen LogP contribution in [0.3, 0.4) is 0 Å². The Hall–Kier alpha value is -0.0800. The molecule has 132 valence electrons. The van der Waals surface area contributed by atoms with Gasteiger partial charge >= 0.3 is 0 Å². The molecular weight excluding hydrogens is 391 g/mol. The van der Waals surface area contributed by atoms with Crippen LogP contribution in [0.5, 0.6) is 0 Å². The quantitative estimate of drug-likeness (QED) is 0.271. The molecule has 0 amide bonds. The summed E-state index contributed by atoms with van der Waals surface area (Å²) in [6.07, 6.45) is 4.70. The molecule has 0 aromatic carbocycles. The monoisotopic (exact) mass is 426 g/mol. The normalized spacial score (nSPS) is 17.4. The average Bonchev–Trinajstić information content (AvgIpc) is 2.50. The Morgan fingerprint density at radius 1 is 1.27 bits per heavy atom. The van der Waals surface area contributed by atoms with E-state index < -0.39 is 0 Å². The minimum atomic E-state index is 0. The standard InChI is InChI=1S/C16H34N4O.HI/c1-5-6-12-21-13-9-18-16(17-4)19-15-7-10-20(11-8-15)14(2)3;/h14-15H,5-13H2,1-4H3,(H2,17,18,19);1H. The van der Waals surface area contributed by atoms with Gasteiger partial charge < -0.3 is 20.3 Å². The second-order valence-electron chi connectivity index (χ2n) is 6.01. The number of piperidine rings is 1. The fourth-order valence-electron chi connectivity index (χ4n) is 2.54. The van der Waals surface area contributed by atoms with Crippen LogP contribution in [-0.2, 0) is 4.74 Å². The first-order valence-electron chi connectivity index (χ1n) is 8.46. The lowest BCUT2D eigenvalue weighted by Crippen LogP contribution is -2.50. The third-order valence-electron chi connectivity index (χ3n) is 4.01. The zero-order chi connectivity index (χ0) is 15.5. The van der Waals surface area contributed by atoms with E-state index in [4.69, 9.17) is 4.74 Å². The zero-order valence-electron chi connectivity index (χ0n) is 14.7. The summed E-state index contributed by atoms with van der Waals surface area (Å²) in [4.78, 5) is 6.83. The Bertz CT molecular complexity index is 292. The molecule has 1 saturated heterocycles. The summed E-state index contributed by atoms with van der Waals surface area (Å²) in [5, 5.41) is 6.85. The van der Waals surface area contributed by atoms with Crippen molar-refractivity contribution in [3.05, 3.63) is 0 Å². The number of ether oxygens (including phenoxy) is 1. The van der Waals surface area contributed by atoms with E-state index in [1.165, 1.54) is 32.4 Å². The highest BCUT2D eigenvalue weighted by molar-refractivity contribution is 14.0. The third-order valence-corrected chi connectivity index (χ3v) is 4.01. The number of nitrogens with zero attached hydrogens (tertiary/aromatic N) is 2. The number of unbranched alkanes of at least 4 members (excludes halogenated alkanes) is 1. The molecule has 0 unspecified atom stereocenters. The molecule has 1 aliphatic heterocycles. The first-order valence-corrected chi connectivity index (χ1v) is 8.46. The largest absolute Gasteiger partial charge is 0.380 e. The second kappa shape index (κ2) is 13.4. The van der Waals surface area contributed by atoms with Crippen molar-refractivity contribution < 1.29 is 4.74 Å². The van der Waals surface area contributed by atoms with E-state index in [0.717, 1.165) is 32.1 Å². The Morgan fingerprint density at radius 2 is 1.95 bits per heavy atom. The predicted octanol–water partition coefficient (Wildman–Crippen LogP) is 2.46. The molecule has 0 atom stereocenters. The van der Waals surface area contributed by atoms with Gasteiger partial charge in [0.15, 0.2) is 5.96 Å². The van der Waals surface area contributed by atoms with Crippen molar-refractivity contribution in [2.75, 3.05) is 39.9 Å². The topological polar surface area (TPSA) is 48.9 Å². The van der Waals surface area contributed by atoms with Gasteiger partial charge in [-0.25, -0.2) is 0 Å². The van der Waals surface area contributed by atoms with E-state index in [0.29, 0.717) is 12.1 Å². The minimum Gasteiger partial charge on any atom is -0.380 e. The van der Waals surface area contributed by atoms with Crippen LogP contribution in [0.15, 0.2) is 4.99 Å². The number of hydrogen-bond donors (Lipinski definition) is 2. The Morgan fingerprint density at radius 3 is 2.50 bits per heavy atom. The van der Waals surface area contributed by atoms with E-state index >= 15 is 0 Å². The van der Waals surface area contributed by atoms with Crippen LogP contribution in [0.4, 0.5) is 0 Å². The minimum absolute atomic E-state index is 0. The third kappa shape index (κ3) is 9.15. The predicted molar refractivity (Wildman–Crippen MR) is 105 cm³/mol. The lowest BCUT2D eigenvalue weighted by molar-refractivity contribution is 0.135. The van der Waals surface area contributed by atoms with E-state index in [1.807, 2.05) is 7.05 Å². The molecule has 1 rings (SSSR count). The first-order chi connectivity index (χ1) is 10.2. The molecule has 0 saturated carbocycles. The summed E-state index contributed by atoms with van der Waals surface area (Å²) < 4.78 is 5.55. The van der Waals surface area contributed by atoms with Crippen molar-refractivity contribution in [1.29, 1.82) is 0 Å². The summed E-state index contributed by atoms with van der Waals surface area (Å²) in [6.45, 7) is 11.5. The zero-order valence-corrected chi connectivity index (χ0v) is 17.1. The fraction of sp³-hybridized carbons (Fsp3) is 0.938. The fourth-order valence-corrected chi connectivity index (χ4v) is 2.54. The molecule has 1 heterocycles. The summed E-state index contributed by atoms with van der Waals surface area (Å²) in [5.74, 6) is 0.900. The lowest BCUT2D eigenvalue weighted by atomic mass is 10.0. The highest BCUT2D eigenvalue weighted by atomic mass is 127. The molecule has 6 heteroatoms. The summed E-state index contributed by atoms with van der Waals surface area (Å²) in [7, 11) is 1.83. The van der Waals surface area contributed by atoms with Gasteiger partial charge in [0.25, 0.3) is 0 Å². The van der Waals surface area contributed by atoms with Crippen LogP contribution in [0, 0.1) is 0 Å². The average molecular weight is 426 g/mol. The van der Waals surface area contributed by atoms with E-state index in [9.17, 15) is 0 Å². The number of likely N-dealkylation sites (tertiary alicyclic amines) is 1. The van der Waals surface area contributed by atoms with E-state index in [-0.39, 0.29) is 24.0 Å². The molecule has 0 spiro atoms. The van der Waals surface area contributed by atoms with Gasteiger partial charge in [0, 0.05) is 45.4 Å². The van der Waals surface area contributed by atoms with Gasteiger partial charge in [0.05, 0.1) is 6.61 Å². The van der Waals surface area contributed by atoms with Gasteiger partial charge in [-0.05, 0) is 33.1 Å². The number of guanidine groups is 1. The molecule has 2 N–H and O–H groups in total. The summed E-state index contributed by atoms with van der Waals surface area (Å²) >= 11 is 0. The van der Waals surface area contributed by atoms with Crippen molar-refractivity contribution in [1.82, 2.24) is 15.5 Å². The van der Waals surface area contributed by atoms with Gasteiger partial charge in [0.2, 0.25) is 0 Å². The molecule has 22 heavy (non-hydrogen) atoms. The molecule has 5 nitrogen and oxygen atoms in total. The number of nitrogens with one attached hydrogen (secondary N) is 2. The molecule has 0 radical (unpaired) electrons. The first kappa shape index (κ1) is 21.9. The molecule has 0 aromatic heterocycles. The molecule has 1 fully saturated rings. The lowest BCUT2D eigenvalue weighted by Gasteiger charge is -2.35. The number of hydrogen-bond acceptors (Lipinski definition) is 3. The van der Waals surface area contributed by atoms with Crippen molar-refractivity contribution >= 4 is 29.9 Å². The molecule has 0 bridgehead atoms. The molecule has 1 aliphatic rings. The maximum Gasteiger partial charge on any atom is 0.191 e. The van der Waals surface area contributed by atoms with Crippen molar-refractivity contribution in [2.24, 2.45) is 4.99 Å². The summed E-state index contributed by atoms with van der Waals surface area (Å²) in [5.41, 5.74) is 0. The van der Waals surface area contributed by atoms with E-state index in [1.54, 1.807) is 0 Å². The van der Waals surface area contributed by atoms with Gasteiger partial charge in [-0.1, -0.05) is 13.3 Å². The van der Waals surface area contributed by atoms with Crippen LogP contribution < -0.4 is 10.6 Å². The van der Waals surface area contributed by atoms with Crippen LogP contribution in [0.1, 0.15) is 46.5 Å². The van der Waals surface area contributed by atoms with Gasteiger partial charge in [-0.15, -0.1) is 24.0 Å². The molecule has 0 aliphatic carbocycles. The smallest absolute Gasteiger partial charge is 0.191 e. The maximum atomic E-state index is 5.55. The molecule has 0 aromatic rings. The van der Waals surface area contributed by atoms with Crippen molar-refractivity contribution in [3.8, 4) is 0 Å². The number of aliphatic imine (C=N–C) groups is 1. The SMILES string of the molecule is CCCCOCCNC(=NC)NC1CCN(C(C)C)CC1.I. The van der Waals surface area contributed by atoms with Gasteiger partial charge in [0.1, 0.15) is 0 Å².